The number of nitroso groups, excluding NO2 is 1. The highest BCUT2D eigenvalue weighted by atomic mass is 32.2. The molecule has 0 saturated carbocycles. The molecule has 0 aromatic heterocycles. The summed E-state index contributed by atoms with van der Waals surface area (Å²) < 4.78 is 60.1. The van der Waals surface area contributed by atoms with Crippen LogP contribution in [0.15, 0.2) is 65.8 Å². The van der Waals surface area contributed by atoms with E-state index in [9.17, 15) is 32.0 Å². The quantitative estimate of drug-likeness (QED) is 0.241. The Hall–Kier alpha value is -3.94. The fourth-order valence-electron chi connectivity index (χ4n) is 5.10. The number of hydrogen-bond acceptors (Lipinski definition) is 8. The topological polar surface area (TPSA) is 137 Å². The predicted octanol–water partition coefficient (Wildman–Crippen LogP) is 4.22. The highest BCUT2D eigenvalue weighted by molar-refractivity contribution is 7.92. The van der Waals surface area contributed by atoms with Gasteiger partial charge in [0.25, 0.3) is 5.91 Å². The first-order valence-electron chi connectivity index (χ1n) is 14.2. The number of carbonyl (C=O) groups excluding carboxylic acids is 1. The van der Waals surface area contributed by atoms with E-state index in [4.69, 9.17) is 4.74 Å². The summed E-state index contributed by atoms with van der Waals surface area (Å²) >= 11 is 0. The minimum atomic E-state index is -3.63. The number of amides is 1. The van der Waals surface area contributed by atoms with E-state index in [2.05, 4.69) is 15.8 Å². The second-order valence-corrected chi connectivity index (χ2v) is 12.8. The summed E-state index contributed by atoms with van der Waals surface area (Å²) in [5.41, 5.74) is 1.71. The molecule has 44 heavy (non-hydrogen) atoms. The number of halogens is 2. The van der Waals surface area contributed by atoms with E-state index < -0.39 is 45.8 Å². The Labute approximate surface area is 255 Å². The third kappa shape index (κ3) is 8.58. The van der Waals surface area contributed by atoms with Crippen LogP contribution in [0.1, 0.15) is 52.9 Å². The van der Waals surface area contributed by atoms with Gasteiger partial charge in [-0.3, -0.25) is 9.10 Å². The van der Waals surface area contributed by atoms with Crippen LogP contribution in [0.4, 0.5) is 14.5 Å². The van der Waals surface area contributed by atoms with Gasteiger partial charge in [-0.15, -0.1) is 0 Å². The molecular weight excluding hydrogens is 594 g/mol. The lowest BCUT2D eigenvalue weighted by Crippen LogP contribution is -2.48. The highest BCUT2D eigenvalue weighted by Crippen LogP contribution is 2.29. The standard InChI is InChI=1S/C31H36F2N4O6S/c1-20(36-40)23-14-24(16-27(15-23)37-8-3-4-9-44(37,41)42)31(39)35-29(13-22-10-25(32)17-26(33)11-22)30(38)19-34-18-21-6-5-7-28(12-21)43-2/h5-7,10-12,14-17,20,29-30,34,38H,3-4,8-9,13,18-19H2,1-2H3,(H,35,39)/t20?,29-,30+/m0/s1. The van der Waals surface area contributed by atoms with Gasteiger partial charge in [-0.25, -0.2) is 17.2 Å². The van der Waals surface area contributed by atoms with Crippen LogP contribution in [0, 0.1) is 16.5 Å². The highest BCUT2D eigenvalue weighted by Gasteiger charge is 2.29. The smallest absolute Gasteiger partial charge is 0.251 e. The zero-order valence-electron chi connectivity index (χ0n) is 24.5. The number of benzene rings is 3. The van der Waals surface area contributed by atoms with Crippen LogP contribution in [0.3, 0.4) is 0 Å². The molecule has 1 aliphatic heterocycles. The van der Waals surface area contributed by atoms with E-state index in [-0.39, 0.29) is 42.1 Å². The minimum Gasteiger partial charge on any atom is -0.497 e. The molecule has 0 spiro atoms. The number of aliphatic hydroxyl groups excluding tert-OH is 1. The molecular formula is C31H36F2N4O6S. The molecule has 1 fully saturated rings. The Kier molecular flexibility index (Phi) is 11.0. The van der Waals surface area contributed by atoms with E-state index in [1.54, 1.807) is 13.2 Å². The number of carbonyl (C=O) groups is 1. The molecule has 0 radical (unpaired) electrons. The summed E-state index contributed by atoms with van der Waals surface area (Å²) in [6.45, 7) is 2.14. The Morgan fingerprint density at radius 1 is 1.07 bits per heavy atom. The van der Waals surface area contributed by atoms with Crippen LogP contribution in [-0.4, -0.2) is 57.5 Å². The van der Waals surface area contributed by atoms with Gasteiger partial charge in [0.05, 0.1) is 30.7 Å². The Morgan fingerprint density at radius 2 is 1.82 bits per heavy atom. The van der Waals surface area contributed by atoms with E-state index in [1.165, 1.54) is 29.4 Å². The van der Waals surface area contributed by atoms with Gasteiger partial charge in [-0.1, -0.05) is 17.3 Å². The van der Waals surface area contributed by atoms with Crippen LogP contribution >= 0.6 is 0 Å². The van der Waals surface area contributed by atoms with Gasteiger partial charge >= 0.3 is 0 Å². The van der Waals surface area contributed by atoms with Crippen molar-refractivity contribution in [3.05, 3.63) is 99.5 Å². The Balaban J connectivity index is 1.59. The SMILES string of the molecule is COc1cccc(CNC[C@@H](O)[C@H](Cc2cc(F)cc(F)c2)NC(=O)c2cc(C(C)N=O)cc(N3CCCCS3(=O)=O)c2)c1. The summed E-state index contributed by atoms with van der Waals surface area (Å²) in [4.78, 5) is 25.0. The molecule has 0 aliphatic carbocycles. The van der Waals surface area contributed by atoms with E-state index in [0.29, 0.717) is 30.7 Å². The summed E-state index contributed by atoms with van der Waals surface area (Å²) in [5.74, 6) is -1.64. The number of methoxy groups -OCH3 is 1. The van der Waals surface area contributed by atoms with E-state index >= 15 is 0 Å². The van der Waals surface area contributed by atoms with Crippen molar-refractivity contribution in [2.24, 2.45) is 5.18 Å². The van der Waals surface area contributed by atoms with Gasteiger partial charge in [0.2, 0.25) is 10.0 Å². The van der Waals surface area contributed by atoms with Crippen molar-refractivity contribution in [1.29, 1.82) is 0 Å². The first-order chi connectivity index (χ1) is 21.0. The molecule has 4 rings (SSSR count). The molecule has 236 valence electrons. The normalized spacial score (nSPS) is 16.5. The van der Waals surface area contributed by atoms with Crippen LogP contribution in [0.2, 0.25) is 0 Å². The molecule has 3 aromatic carbocycles. The maximum Gasteiger partial charge on any atom is 0.251 e. The number of nitrogens with one attached hydrogen (secondary N) is 2. The minimum absolute atomic E-state index is 0.0172. The Morgan fingerprint density at radius 3 is 2.50 bits per heavy atom. The molecule has 1 saturated heterocycles. The van der Waals surface area contributed by atoms with Gasteiger partial charge in [0.15, 0.2) is 0 Å². The van der Waals surface area contributed by atoms with Crippen molar-refractivity contribution in [3.63, 3.8) is 0 Å². The van der Waals surface area contributed by atoms with E-state index in [0.717, 1.165) is 23.8 Å². The fraction of sp³-hybridized carbons (Fsp3) is 0.387. The summed E-state index contributed by atoms with van der Waals surface area (Å²) in [6, 6.07) is 12.8. The molecule has 3 atom stereocenters. The molecule has 3 N–H and O–H groups in total. The fourth-order valence-corrected chi connectivity index (χ4v) is 6.72. The third-order valence-electron chi connectivity index (χ3n) is 7.46. The molecule has 0 bridgehead atoms. The van der Waals surface area contributed by atoms with E-state index in [1.807, 2.05) is 18.2 Å². The largest absolute Gasteiger partial charge is 0.497 e. The molecule has 3 aromatic rings. The lowest BCUT2D eigenvalue weighted by atomic mass is 9.99. The number of anilines is 1. The maximum absolute atomic E-state index is 14.0. The predicted molar refractivity (Wildman–Crippen MR) is 163 cm³/mol. The second kappa shape index (κ2) is 14.7. The van der Waals surface area contributed by atoms with Crippen molar-refractivity contribution >= 4 is 21.6 Å². The van der Waals surface area contributed by atoms with Crippen molar-refractivity contribution in [2.75, 3.05) is 30.3 Å². The van der Waals surface area contributed by atoms with Gasteiger partial charge in [-0.05, 0) is 85.3 Å². The molecule has 1 heterocycles. The summed E-state index contributed by atoms with van der Waals surface area (Å²) in [6.07, 6.45) is -0.156. The second-order valence-electron chi connectivity index (χ2n) is 10.8. The average molecular weight is 631 g/mol. The van der Waals surface area contributed by atoms with Crippen molar-refractivity contribution < 1.29 is 31.8 Å². The zero-order chi connectivity index (χ0) is 31.9. The van der Waals surface area contributed by atoms with Crippen molar-refractivity contribution in [2.45, 2.75) is 50.9 Å². The van der Waals surface area contributed by atoms with Gasteiger partial charge in [0, 0.05) is 31.3 Å². The van der Waals surface area contributed by atoms with Gasteiger partial charge in [0.1, 0.15) is 23.4 Å². The summed E-state index contributed by atoms with van der Waals surface area (Å²) in [7, 11) is -2.07. The first kappa shape index (κ1) is 33.0. The lowest BCUT2D eigenvalue weighted by Gasteiger charge is -2.29. The van der Waals surface area contributed by atoms with Crippen molar-refractivity contribution in [3.8, 4) is 5.75 Å². The number of hydrogen-bond donors (Lipinski definition) is 3. The van der Waals surface area contributed by atoms with Crippen molar-refractivity contribution in [1.82, 2.24) is 10.6 Å². The number of sulfonamides is 1. The van der Waals surface area contributed by atoms with Gasteiger partial charge < -0.3 is 20.5 Å². The molecule has 1 unspecified atom stereocenters. The molecule has 13 heteroatoms. The van der Waals surface area contributed by atoms with Gasteiger partial charge in [-0.2, -0.15) is 4.91 Å². The monoisotopic (exact) mass is 630 g/mol. The number of nitrogens with zero attached hydrogens (tertiary/aromatic N) is 2. The average Bonchev–Trinajstić information content (AvgIpc) is 2.99. The first-order valence-corrected chi connectivity index (χ1v) is 15.9. The number of rotatable bonds is 13. The lowest BCUT2D eigenvalue weighted by molar-refractivity contribution is 0.0829. The zero-order valence-corrected chi connectivity index (χ0v) is 25.3. The molecule has 10 nitrogen and oxygen atoms in total. The van der Waals surface area contributed by atoms with Crippen LogP contribution in [0.5, 0.6) is 5.75 Å². The Bertz CT molecular complexity index is 1570. The third-order valence-corrected chi connectivity index (χ3v) is 9.33. The van der Waals surface area contributed by atoms with Crippen LogP contribution < -0.4 is 19.7 Å². The maximum atomic E-state index is 14.0. The van der Waals surface area contributed by atoms with Crippen LogP contribution in [0.25, 0.3) is 0 Å². The molecule has 1 amide bonds. The summed E-state index contributed by atoms with van der Waals surface area (Å²) in [5, 5.41) is 20.1. The number of ether oxygens (including phenoxy) is 1. The molecule has 1 aliphatic rings. The number of aliphatic hydroxyl groups is 1. The van der Waals surface area contributed by atoms with Crippen LogP contribution in [-0.2, 0) is 23.0 Å².